The molecule has 1 atom stereocenters. The molecule has 1 aromatic heterocycles. The van der Waals surface area contributed by atoms with Gasteiger partial charge in [-0.05, 0) is 37.4 Å². The average molecular weight is 308 g/mol. The summed E-state index contributed by atoms with van der Waals surface area (Å²) >= 11 is 0. The predicted octanol–water partition coefficient (Wildman–Crippen LogP) is 2.27. The lowest BCUT2D eigenvalue weighted by atomic mass is 9.98. The van der Waals surface area contributed by atoms with Gasteiger partial charge in [-0.1, -0.05) is 12.1 Å². The lowest BCUT2D eigenvalue weighted by molar-refractivity contribution is 0.422. The molecule has 0 radical (unpaired) electrons. The Bertz CT molecular complexity index is 604. The second kappa shape index (κ2) is 6.91. The van der Waals surface area contributed by atoms with Crippen LogP contribution >= 0.6 is 12.4 Å². The first-order valence-corrected chi connectivity index (χ1v) is 7.21. The minimum Gasteiger partial charge on any atom is -0.370 e. The van der Waals surface area contributed by atoms with E-state index in [0.717, 1.165) is 42.3 Å². The van der Waals surface area contributed by atoms with Crippen LogP contribution in [0.4, 0.5) is 11.6 Å². The van der Waals surface area contributed by atoms with Gasteiger partial charge >= 0.3 is 0 Å². The molecule has 0 spiro atoms. The van der Waals surface area contributed by atoms with Crippen molar-refractivity contribution >= 4 is 35.1 Å². The molecule has 3 N–H and O–H groups in total. The van der Waals surface area contributed by atoms with Crippen molar-refractivity contribution in [2.24, 2.45) is 11.7 Å². The SMILES string of the molecule is CNc1nc2ccccc2nc1N1CCCC(CN)C1.Cl. The molecule has 1 saturated heterocycles. The molecule has 3 rings (SSSR count). The first-order chi connectivity index (χ1) is 9.81. The number of aromatic nitrogens is 2. The first kappa shape index (κ1) is 15.8. The summed E-state index contributed by atoms with van der Waals surface area (Å²) in [7, 11) is 1.90. The van der Waals surface area contributed by atoms with E-state index in [0.29, 0.717) is 5.92 Å². The molecule has 1 aliphatic rings. The molecule has 114 valence electrons. The molecule has 0 saturated carbocycles. The van der Waals surface area contributed by atoms with Crippen LogP contribution in [0.1, 0.15) is 12.8 Å². The monoisotopic (exact) mass is 307 g/mol. The van der Waals surface area contributed by atoms with Crippen LogP contribution in [0, 0.1) is 5.92 Å². The zero-order chi connectivity index (χ0) is 13.9. The molecule has 1 unspecified atom stereocenters. The maximum absolute atomic E-state index is 5.83. The number of halogens is 1. The molecule has 6 heteroatoms. The Labute approximate surface area is 131 Å². The van der Waals surface area contributed by atoms with Crippen LogP contribution in [-0.4, -0.2) is 36.6 Å². The van der Waals surface area contributed by atoms with Crippen LogP contribution in [0.15, 0.2) is 24.3 Å². The normalized spacial score (nSPS) is 18.4. The topological polar surface area (TPSA) is 67.1 Å². The maximum atomic E-state index is 5.83. The number of nitrogens with one attached hydrogen (secondary N) is 1. The number of nitrogens with zero attached hydrogens (tertiary/aromatic N) is 3. The highest BCUT2D eigenvalue weighted by molar-refractivity contribution is 5.85. The zero-order valence-corrected chi connectivity index (χ0v) is 13.1. The lowest BCUT2D eigenvalue weighted by Crippen LogP contribution is -2.39. The molecule has 0 amide bonds. The Hall–Kier alpha value is -1.59. The Kier molecular flexibility index (Phi) is 5.20. The summed E-state index contributed by atoms with van der Waals surface area (Å²) in [6, 6.07) is 7.99. The van der Waals surface area contributed by atoms with Crippen molar-refractivity contribution in [2.45, 2.75) is 12.8 Å². The number of hydrogen-bond donors (Lipinski definition) is 2. The van der Waals surface area contributed by atoms with E-state index in [-0.39, 0.29) is 12.4 Å². The van der Waals surface area contributed by atoms with Gasteiger partial charge in [0.2, 0.25) is 0 Å². The maximum Gasteiger partial charge on any atom is 0.172 e. The summed E-state index contributed by atoms with van der Waals surface area (Å²) in [5.74, 6) is 2.35. The minimum absolute atomic E-state index is 0. The largest absolute Gasteiger partial charge is 0.370 e. The summed E-state index contributed by atoms with van der Waals surface area (Å²) in [5.41, 5.74) is 7.69. The molecular formula is C15H22ClN5. The van der Waals surface area contributed by atoms with E-state index in [1.165, 1.54) is 12.8 Å². The number of rotatable bonds is 3. The Morgan fingerprint density at radius 1 is 1.29 bits per heavy atom. The van der Waals surface area contributed by atoms with Gasteiger partial charge in [-0.25, -0.2) is 9.97 Å². The van der Waals surface area contributed by atoms with Crippen LogP contribution < -0.4 is 16.0 Å². The molecule has 0 bridgehead atoms. The van der Waals surface area contributed by atoms with E-state index >= 15 is 0 Å². The number of nitrogens with two attached hydrogens (primary N) is 1. The van der Waals surface area contributed by atoms with E-state index in [1.807, 2.05) is 31.3 Å². The van der Waals surface area contributed by atoms with Gasteiger partial charge in [-0.15, -0.1) is 12.4 Å². The van der Waals surface area contributed by atoms with Crippen molar-refractivity contribution < 1.29 is 0 Å². The van der Waals surface area contributed by atoms with Crippen LogP contribution in [0.3, 0.4) is 0 Å². The quantitative estimate of drug-likeness (QED) is 0.910. The van der Waals surface area contributed by atoms with E-state index in [2.05, 4.69) is 15.2 Å². The molecule has 2 aromatic rings. The highest BCUT2D eigenvalue weighted by atomic mass is 35.5. The standard InChI is InChI=1S/C15H21N5.ClH/c1-17-14-15(20-8-4-5-11(9-16)10-20)19-13-7-3-2-6-12(13)18-14;/h2-3,6-7,11H,4-5,8-10,16H2,1H3,(H,17,18);1H. The van der Waals surface area contributed by atoms with Crippen molar-refractivity contribution in [1.29, 1.82) is 0 Å². The van der Waals surface area contributed by atoms with Crippen molar-refractivity contribution in [3.63, 3.8) is 0 Å². The lowest BCUT2D eigenvalue weighted by Gasteiger charge is -2.33. The van der Waals surface area contributed by atoms with Gasteiger partial charge in [0, 0.05) is 20.1 Å². The first-order valence-electron chi connectivity index (χ1n) is 7.21. The fraction of sp³-hybridized carbons (Fsp3) is 0.467. The van der Waals surface area contributed by atoms with Gasteiger partial charge < -0.3 is 16.0 Å². The Morgan fingerprint density at radius 2 is 2.00 bits per heavy atom. The molecule has 0 aliphatic carbocycles. The zero-order valence-electron chi connectivity index (χ0n) is 12.2. The van der Waals surface area contributed by atoms with Crippen molar-refractivity contribution in [2.75, 3.05) is 36.9 Å². The number of piperidine rings is 1. The fourth-order valence-corrected chi connectivity index (χ4v) is 2.83. The van der Waals surface area contributed by atoms with Gasteiger partial charge in [0.15, 0.2) is 11.6 Å². The number of benzene rings is 1. The Morgan fingerprint density at radius 3 is 2.67 bits per heavy atom. The number of para-hydroxylation sites is 2. The number of anilines is 2. The predicted molar refractivity (Wildman–Crippen MR) is 90.3 cm³/mol. The molecule has 1 fully saturated rings. The van der Waals surface area contributed by atoms with Crippen LogP contribution in [-0.2, 0) is 0 Å². The second-order valence-electron chi connectivity index (χ2n) is 5.32. The molecule has 5 nitrogen and oxygen atoms in total. The summed E-state index contributed by atoms with van der Waals surface area (Å²) in [6.07, 6.45) is 2.38. The third-order valence-corrected chi connectivity index (χ3v) is 3.94. The summed E-state index contributed by atoms with van der Waals surface area (Å²) < 4.78 is 0. The fourth-order valence-electron chi connectivity index (χ4n) is 2.83. The van der Waals surface area contributed by atoms with Crippen LogP contribution in [0.25, 0.3) is 11.0 Å². The van der Waals surface area contributed by atoms with Gasteiger partial charge in [-0.3, -0.25) is 0 Å². The summed E-state index contributed by atoms with van der Waals surface area (Å²) in [4.78, 5) is 11.8. The molecule has 1 aromatic carbocycles. The van der Waals surface area contributed by atoms with Crippen LogP contribution in [0.5, 0.6) is 0 Å². The second-order valence-corrected chi connectivity index (χ2v) is 5.32. The molecule has 2 heterocycles. The summed E-state index contributed by atoms with van der Waals surface area (Å²) in [5, 5.41) is 3.17. The van der Waals surface area contributed by atoms with E-state index in [4.69, 9.17) is 10.7 Å². The highest BCUT2D eigenvalue weighted by Gasteiger charge is 2.22. The number of fused-ring (bicyclic) bond motifs is 1. The molecule has 21 heavy (non-hydrogen) atoms. The van der Waals surface area contributed by atoms with Gasteiger partial charge in [0.25, 0.3) is 0 Å². The van der Waals surface area contributed by atoms with Crippen molar-refractivity contribution in [3.8, 4) is 0 Å². The van der Waals surface area contributed by atoms with Gasteiger partial charge in [0.1, 0.15) is 0 Å². The minimum atomic E-state index is 0. The van der Waals surface area contributed by atoms with Crippen molar-refractivity contribution in [1.82, 2.24) is 9.97 Å². The third kappa shape index (κ3) is 3.19. The molecule has 1 aliphatic heterocycles. The third-order valence-electron chi connectivity index (χ3n) is 3.94. The van der Waals surface area contributed by atoms with Crippen molar-refractivity contribution in [3.05, 3.63) is 24.3 Å². The van der Waals surface area contributed by atoms with Gasteiger partial charge in [0.05, 0.1) is 11.0 Å². The smallest absolute Gasteiger partial charge is 0.172 e. The van der Waals surface area contributed by atoms with E-state index < -0.39 is 0 Å². The van der Waals surface area contributed by atoms with E-state index in [1.54, 1.807) is 0 Å². The average Bonchev–Trinajstić information content (AvgIpc) is 2.53. The van der Waals surface area contributed by atoms with Crippen LogP contribution in [0.2, 0.25) is 0 Å². The van der Waals surface area contributed by atoms with E-state index in [9.17, 15) is 0 Å². The van der Waals surface area contributed by atoms with Gasteiger partial charge in [-0.2, -0.15) is 0 Å². The Balaban J connectivity index is 0.00000161. The summed E-state index contributed by atoms with van der Waals surface area (Å²) in [6.45, 7) is 2.74. The highest BCUT2D eigenvalue weighted by Crippen LogP contribution is 2.28. The molecular weight excluding hydrogens is 286 g/mol. The number of hydrogen-bond acceptors (Lipinski definition) is 5.